The molecule has 14 heavy (non-hydrogen) atoms. The van der Waals surface area contributed by atoms with Crippen LogP contribution in [0.15, 0.2) is 18.2 Å². The van der Waals surface area contributed by atoms with Gasteiger partial charge in [-0.15, -0.1) is 0 Å². The van der Waals surface area contributed by atoms with Crippen LogP contribution in [0.4, 0.5) is 0 Å². The molecule has 3 heteroatoms. The summed E-state index contributed by atoms with van der Waals surface area (Å²) in [7, 11) is 0. The lowest BCUT2D eigenvalue weighted by Gasteiger charge is -2.16. The highest BCUT2D eigenvalue weighted by Gasteiger charge is 2.32. The van der Waals surface area contributed by atoms with Crippen LogP contribution >= 0.6 is 0 Å². The van der Waals surface area contributed by atoms with Gasteiger partial charge >= 0.3 is 0 Å². The summed E-state index contributed by atoms with van der Waals surface area (Å²) in [5, 5.41) is 8.63. The Kier molecular flexibility index (Phi) is 1.85. The third-order valence-corrected chi connectivity index (χ3v) is 2.03. The molecule has 0 radical (unpaired) electrons. The highest BCUT2D eigenvalue weighted by molar-refractivity contribution is 5.50. The van der Waals surface area contributed by atoms with Crippen LogP contribution in [-0.2, 0) is 6.42 Å². The van der Waals surface area contributed by atoms with Crippen molar-refractivity contribution in [3.63, 3.8) is 0 Å². The van der Waals surface area contributed by atoms with Gasteiger partial charge in [-0.2, -0.15) is 5.26 Å². The first-order valence-electron chi connectivity index (χ1n) is 4.49. The van der Waals surface area contributed by atoms with E-state index in [9.17, 15) is 0 Å². The quantitative estimate of drug-likeness (QED) is 0.680. The monoisotopic (exact) mass is 189 g/mol. The van der Waals surface area contributed by atoms with Crippen LogP contribution in [0.5, 0.6) is 11.5 Å². The third-order valence-electron chi connectivity index (χ3n) is 2.03. The molecule has 0 bridgehead atoms. The SMILES string of the molecule is CC1(C)Oc2cccc(CC#N)c2O1. The fourth-order valence-electron chi connectivity index (χ4n) is 1.51. The van der Waals surface area contributed by atoms with Gasteiger partial charge in [0.15, 0.2) is 11.5 Å². The smallest absolute Gasteiger partial charge is 0.246 e. The van der Waals surface area contributed by atoms with Crippen molar-refractivity contribution >= 4 is 0 Å². The fraction of sp³-hybridized carbons (Fsp3) is 0.364. The fourth-order valence-corrected chi connectivity index (χ4v) is 1.51. The van der Waals surface area contributed by atoms with E-state index < -0.39 is 5.79 Å². The molecular formula is C11H11NO2. The van der Waals surface area contributed by atoms with Gasteiger partial charge in [-0.1, -0.05) is 12.1 Å². The molecule has 0 saturated carbocycles. The summed E-state index contributed by atoms with van der Waals surface area (Å²) in [6.07, 6.45) is 0.350. The first-order valence-corrected chi connectivity index (χ1v) is 4.49. The Balaban J connectivity index is 2.42. The molecule has 1 aromatic rings. The number of nitriles is 1. The average Bonchev–Trinajstić information content (AvgIpc) is 2.41. The van der Waals surface area contributed by atoms with Gasteiger partial charge in [-0.25, -0.2) is 0 Å². The van der Waals surface area contributed by atoms with Gasteiger partial charge in [-0.05, 0) is 6.07 Å². The molecule has 0 N–H and O–H groups in total. The molecule has 0 aliphatic carbocycles. The number of hydrogen-bond acceptors (Lipinski definition) is 3. The van der Waals surface area contributed by atoms with E-state index >= 15 is 0 Å². The minimum Gasteiger partial charge on any atom is -0.449 e. The van der Waals surface area contributed by atoms with Crippen LogP contribution in [0.3, 0.4) is 0 Å². The Bertz CT molecular complexity index is 404. The van der Waals surface area contributed by atoms with Crippen LogP contribution in [-0.4, -0.2) is 5.79 Å². The maximum atomic E-state index is 8.63. The third kappa shape index (κ3) is 1.39. The zero-order valence-electron chi connectivity index (χ0n) is 8.20. The minimum atomic E-state index is -0.617. The Morgan fingerprint density at radius 2 is 2.14 bits per heavy atom. The van der Waals surface area contributed by atoms with Crippen molar-refractivity contribution < 1.29 is 9.47 Å². The highest BCUT2D eigenvalue weighted by Crippen LogP contribution is 2.41. The molecule has 0 unspecified atom stereocenters. The van der Waals surface area contributed by atoms with E-state index in [0.717, 1.165) is 11.3 Å². The van der Waals surface area contributed by atoms with Crippen molar-refractivity contribution in [2.45, 2.75) is 26.1 Å². The van der Waals surface area contributed by atoms with Crippen LogP contribution in [0.1, 0.15) is 19.4 Å². The van der Waals surface area contributed by atoms with E-state index in [-0.39, 0.29) is 0 Å². The second-order valence-electron chi connectivity index (χ2n) is 3.68. The van der Waals surface area contributed by atoms with Gasteiger partial charge in [0.25, 0.3) is 0 Å². The number of nitrogens with zero attached hydrogens (tertiary/aromatic N) is 1. The van der Waals surface area contributed by atoms with Gasteiger partial charge in [0, 0.05) is 19.4 Å². The average molecular weight is 189 g/mol. The number of rotatable bonds is 1. The normalized spacial score (nSPS) is 16.4. The van der Waals surface area contributed by atoms with Crippen LogP contribution < -0.4 is 9.47 Å². The number of ether oxygens (including phenoxy) is 2. The van der Waals surface area contributed by atoms with Crippen LogP contribution in [0.25, 0.3) is 0 Å². The summed E-state index contributed by atoms with van der Waals surface area (Å²) in [6.45, 7) is 3.70. The van der Waals surface area contributed by atoms with Gasteiger partial charge in [0.2, 0.25) is 5.79 Å². The molecule has 3 nitrogen and oxygen atoms in total. The molecule has 0 amide bonds. The van der Waals surface area contributed by atoms with Gasteiger partial charge in [-0.3, -0.25) is 0 Å². The molecule has 0 atom stereocenters. The minimum absolute atomic E-state index is 0.350. The molecule has 72 valence electrons. The number of benzene rings is 1. The van der Waals surface area contributed by atoms with Crippen molar-refractivity contribution in [1.82, 2.24) is 0 Å². The zero-order valence-corrected chi connectivity index (χ0v) is 8.20. The van der Waals surface area contributed by atoms with E-state index in [1.54, 1.807) is 0 Å². The Morgan fingerprint density at radius 3 is 2.86 bits per heavy atom. The molecule has 0 aromatic heterocycles. The van der Waals surface area contributed by atoms with E-state index in [0.29, 0.717) is 12.2 Å². The first-order chi connectivity index (χ1) is 6.62. The molecular weight excluding hydrogens is 178 g/mol. The Morgan fingerprint density at radius 1 is 1.36 bits per heavy atom. The van der Waals surface area contributed by atoms with E-state index in [4.69, 9.17) is 14.7 Å². The van der Waals surface area contributed by atoms with E-state index in [1.807, 2.05) is 32.0 Å². The van der Waals surface area contributed by atoms with Crippen molar-refractivity contribution in [2.24, 2.45) is 0 Å². The van der Waals surface area contributed by atoms with Crippen molar-refractivity contribution in [3.8, 4) is 17.6 Å². The summed E-state index contributed by atoms with van der Waals surface area (Å²) in [4.78, 5) is 0. The lowest BCUT2D eigenvalue weighted by atomic mass is 10.1. The van der Waals surface area contributed by atoms with Gasteiger partial charge < -0.3 is 9.47 Å². The van der Waals surface area contributed by atoms with E-state index in [2.05, 4.69) is 6.07 Å². The summed E-state index contributed by atoms with van der Waals surface area (Å²) >= 11 is 0. The maximum Gasteiger partial charge on any atom is 0.246 e. The van der Waals surface area contributed by atoms with Gasteiger partial charge in [0.05, 0.1) is 12.5 Å². The van der Waals surface area contributed by atoms with Crippen molar-refractivity contribution in [2.75, 3.05) is 0 Å². The first kappa shape index (κ1) is 8.89. The second-order valence-corrected chi connectivity index (χ2v) is 3.68. The zero-order chi connectivity index (χ0) is 10.2. The highest BCUT2D eigenvalue weighted by atomic mass is 16.7. The number of para-hydroxylation sites is 1. The Labute approximate surface area is 82.9 Å². The van der Waals surface area contributed by atoms with Crippen LogP contribution in [0.2, 0.25) is 0 Å². The maximum absolute atomic E-state index is 8.63. The molecule has 1 heterocycles. The molecule has 1 aromatic carbocycles. The Hall–Kier alpha value is -1.69. The summed E-state index contributed by atoms with van der Waals surface area (Å²) in [5.74, 6) is 0.815. The second kappa shape index (κ2) is 2.91. The van der Waals surface area contributed by atoms with Crippen molar-refractivity contribution in [1.29, 1.82) is 5.26 Å². The topological polar surface area (TPSA) is 42.2 Å². The standard InChI is InChI=1S/C11H11NO2/c1-11(2)13-9-5-3-4-8(6-7-12)10(9)14-11/h3-5H,6H2,1-2H3. The molecule has 0 fully saturated rings. The lowest BCUT2D eigenvalue weighted by Crippen LogP contribution is -2.29. The number of hydrogen-bond donors (Lipinski definition) is 0. The summed E-state index contributed by atoms with van der Waals surface area (Å²) in [6, 6.07) is 7.71. The van der Waals surface area contributed by atoms with Crippen molar-refractivity contribution in [3.05, 3.63) is 23.8 Å². The molecule has 1 aliphatic heterocycles. The van der Waals surface area contributed by atoms with Gasteiger partial charge in [0.1, 0.15) is 0 Å². The summed E-state index contributed by atoms with van der Waals surface area (Å²) < 4.78 is 11.2. The molecule has 1 aliphatic rings. The largest absolute Gasteiger partial charge is 0.449 e. The lowest BCUT2D eigenvalue weighted by molar-refractivity contribution is -0.0434. The summed E-state index contributed by atoms with van der Waals surface area (Å²) in [5.41, 5.74) is 0.885. The van der Waals surface area contributed by atoms with E-state index in [1.165, 1.54) is 0 Å². The van der Waals surface area contributed by atoms with Crippen LogP contribution in [0, 0.1) is 11.3 Å². The number of fused-ring (bicyclic) bond motifs is 1. The molecule has 0 saturated heterocycles. The predicted octanol–water partition coefficient (Wildman–Crippen LogP) is 2.26. The molecule has 0 spiro atoms. The molecule has 2 rings (SSSR count). The predicted molar refractivity (Wildman–Crippen MR) is 51.1 cm³/mol.